The van der Waals surface area contributed by atoms with Crippen molar-refractivity contribution in [1.29, 1.82) is 0 Å². The van der Waals surface area contributed by atoms with Gasteiger partial charge in [0.1, 0.15) is 0 Å². The number of nitrogens with one attached hydrogen (secondary N) is 1. The van der Waals surface area contributed by atoms with Crippen LogP contribution in [0.2, 0.25) is 0 Å². The molecule has 1 aliphatic heterocycles. The average Bonchev–Trinajstić information content (AvgIpc) is 3.17. The van der Waals surface area contributed by atoms with E-state index >= 15 is 0 Å². The number of rotatable bonds is 6. The van der Waals surface area contributed by atoms with Gasteiger partial charge < -0.3 is 10.2 Å². The van der Waals surface area contributed by atoms with Crippen molar-refractivity contribution in [3.63, 3.8) is 0 Å². The second-order valence-corrected chi connectivity index (χ2v) is 7.02. The molecule has 1 saturated heterocycles. The zero-order valence-corrected chi connectivity index (χ0v) is 12.6. The van der Waals surface area contributed by atoms with Gasteiger partial charge in [-0.25, -0.2) is 0 Å². The summed E-state index contributed by atoms with van der Waals surface area (Å²) in [4.78, 5) is 4.19. The van der Waals surface area contributed by atoms with E-state index in [9.17, 15) is 0 Å². The molecule has 1 atom stereocenters. The molecule has 3 rings (SSSR count). The molecule has 106 valence electrons. The fourth-order valence-electron chi connectivity index (χ4n) is 3.14. The van der Waals surface area contributed by atoms with E-state index in [4.69, 9.17) is 0 Å². The van der Waals surface area contributed by atoms with Crippen molar-refractivity contribution in [2.75, 3.05) is 26.2 Å². The molecule has 19 heavy (non-hydrogen) atoms. The van der Waals surface area contributed by atoms with E-state index in [-0.39, 0.29) is 0 Å². The quantitative estimate of drug-likeness (QED) is 0.854. The summed E-state index contributed by atoms with van der Waals surface area (Å²) in [5.74, 6) is 0.905. The maximum Gasteiger partial charge on any atom is 0.0443 e. The number of likely N-dealkylation sites (tertiary alicyclic amines) is 1. The highest BCUT2D eigenvalue weighted by Gasteiger charge is 2.32. The highest BCUT2D eigenvalue weighted by molar-refractivity contribution is 7.10. The Morgan fingerprint density at radius 1 is 1.21 bits per heavy atom. The first kappa shape index (κ1) is 13.6. The van der Waals surface area contributed by atoms with Crippen LogP contribution in [0.5, 0.6) is 0 Å². The third-order valence-electron chi connectivity index (χ3n) is 4.43. The molecule has 2 aliphatic rings. The Bertz CT molecular complexity index is 351. The molecule has 2 fully saturated rings. The van der Waals surface area contributed by atoms with Crippen molar-refractivity contribution in [2.45, 2.75) is 44.6 Å². The SMILES string of the molecule is c1csc(C(NCCN2CCCCCC2)C2CC2)c1. The Hall–Kier alpha value is -0.380. The van der Waals surface area contributed by atoms with E-state index in [0.717, 1.165) is 12.5 Å². The van der Waals surface area contributed by atoms with Crippen molar-refractivity contribution in [3.8, 4) is 0 Å². The van der Waals surface area contributed by atoms with Crippen LogP contribution in [0, 0.1) is 5.92 Å². The van der Waals surface area contributed by atoms with Crippen LogP contribution < -0.4 is 5.32 Å². The zero-order chi connectivity index (χ0) is 12.9. The maximum absolute atomic E-state index is 3.82. The second-order valence-electron chi connectivity index (χ2n) is 6.04. The van der Waals surface area contributed by atoms with E-state index in [1.807, 2.05) is 11.3 Å². The first-order valence-electron chi connectivity index (χ1n) is 7.92. The molecule has 1 aliphatic carbocycles. The van der Waals surface area contributed by atoms with Crippen LogP contribution in [-0.2, 0) is 0 Å². The van der Waals surface area contributed by atoms with Gasteiger partial charge in [0, 0.05) is 24.0 Å². The van der Waals surface area contributed by atoms with Crippen molar-refractivity contribution >= 4 is 11.3 Å². The minimum Gasteiger partial charge on any atom is -0.308 e. The Kier molecular flexibility index (Phi) is 4.91. The predicted octanol–water partition coefficient (Wildman–Crippen LogP) is 3.66. The molecule has 0 bridgehead atoms. The number of nitrogens with zero attached hydrogens (tertiary/aromatic N) is 1. The van der Waals surface area contributed by atoms with Crippen LogP contribution in [0.15, 0.2) is 17.5 Å². The standard InChI is InChI=1S/C16H26N2S/c1-2-4-11-18(10-3-1)12-9-17-16(14-7-8-14)15-6-5-13-19-15/h5-6,13-14,16-17H,1-4,7-12H2. The lowest BCUT2D eigenvalue weighted by molar-refractivity contribution is 0.277. The minimum absolute atomic E-state index is 0.631. The smallest absolute Gasteiger partial charge is 0.0443 e. The summed E-state index contributed by atoms with van der Waals surface area (Å²) in [5, 5.41) is 6.03. The normalized spacial score (nSPS) is 23.2. The molecule has 1 N–H and O–H groups in total. The predicted molar refractivity (Wildman–Crippen MR) is 82.7 cm³/mol. The highest BCUT2D eigenvalue weighted by Crippen LogP contribution is 2.42. The van der Waals surface area contributed by atoms with E-state index in [2.05, 4.69) is 27.7 Å². The Balaban J connectivity index is 1.44. The highest BCUT2D eigenvalue weighted by atomic mass is 32.1. The van der Waals surface area contributed by atoms with Gasteiger partial charge in [-0.15, -0.1) is 11.3 Å². The third-order valence-corrected chi connectivity index (χ3v) is 5.39. The molecule has 1 aromatic rings. The van der Waals surface area contributed by atoms with Gasteiger partial charge in [0.15, 0.2) is 0 Å². The van der Waals surface area contributed by atoms with Crippen LogP contribution in [0.1, 0.15) is 49.4 Å². The van der Waals surface area contributed by atoms with Gasteiger partial charge in [-0.05, 0) is 56.1 Å². The van der Waals surface area contributed by atoms with Crippen LogP contribution >= 0.6 is 11.3 Å². The molecule has 0 spiro atoms. The summed E-state index contributed by atoms with van der Waals surface area (Å²) < 4.78 is 0. The molecule has 0 aromatic carbocycles. The van der Waals surface area contributed by atoms with Crippen molar-refractivity contribution in [3.05, 3.63) is 22.4 Å². The fraction of sp³-hybridized carbons (Fsp3) is 0.750. The minimum atomic E-state index is 0.631. The number of thiophene rings is 1. The van der Waals surface area contributed by atoms with Crippen molar-refractivity contribution in [1.82, 2.24) is 10.2 Å². The van der Waals surface area contributed by atoms with Gasteiger partial charge in [0.05, 0.1) is 0 Å². The number of hydrogen-bond donors (Lipinski definition) is 1. The summed E-state index contributed by atoms with van der Waals surface area (Å²) >= 11 is 1.91. The fourth-order valence-corrected chi connectivity index (χ4v) is 4.03. The molecule has 3 heteroatoms. The zero-order valence-electron chi connectivity index (χ0n) is 11.8. The molecule has 2 nitrogen and oxygen atoms in total. The van der Waals surface area contributed by atoms with Gasteiger partial charge in [0.25, 0.3) is 0 Å². The van der Waals surface area contributed by atoms with Crippen LogP contribution in [0.3, 0.4) is 0 Å². The lowest BCUT2D eigenvalue weighted by Gasteiger charge is -2.22. The van der Waals surface area contributed by atoms with Gasteiger partial charge in [-0.1, -0.05) is 18.9 Å². The molecule has 0 amide bonds. The Morgan fingerprint density at radius 2 is 2.00 bits per heavy atom. The Labute approximate surface area is 121 Å². The number of hydrogen-bond acceptors (Lipinski definition) is 3. The molecule has 1 aromatic heterocycles. The Morgan fingerprint density at radius 3 is 2.63 bits per heavy atom. The summed E-state index contributed by atoms with van der Waals surface area (Å²) in [6.07, 6.45) is 8.50. The monoisotopic (exact) mass is 278 g/mol. The summed E-state index contributed by atoms with van der Waals surface area (Å²) in [5.41, 5.74) is 0. The first-order valence-corrected chi connectivity index (χ1v) is 8.80. The third kappa shape index (κ3) is 4.04. The molecular weight excluding hydrogens is 252 g/mol. The van der Waals surface area contributed by atoms with Gasteiger partial charge in [-0.2, -0.15) is 0 Å². The van der Waals surface area contributed by atoms with E-state index < -0.39 is 0 Å². The largest absolute Gasteiger partial charge is 0.308 e. The summed E-state index contributed by atoms with van der Waals surface area (Å²) in [6.45, 7) is 5.01. The van der Waals surface area contributed by atoms with E-state index in [1.165, 1.54) is 58.2 Å². The van der Waals surface area contributed by atoms with E-state index in [0.29, 0.717) is 6.04 Å². The van der Waals surface area contributed by atoms with Crippen LogP contribution in [0.4, 0.5) is 0 Å². The maximum atomic E-state index is 3.82. The molecule has 1 unspecified atom stereocenters. The van der Waals surface area contributed by atoms with Crippen molar-refractivity contribution in [2.24, 2.45) is 5.92 Å². The topological polar surface area (TPSA) is 15.3 Å². The molecule has 2 heterocycles. The molecular formula is C16H26N2S. The second kappa shape index (κ2) is 6.87. The lowest BCUT2D eigenvalue weighted by Crippen LogP contribution is -2.34. The van der Waals surface area contributed by atoms with Crippen LogP contribution in [0.25, 0.3) is 0 Å². The summed E-state index contributed by atoms with van der Waals surface area (Å²) in [6, 6.07) is 5.12. The van der Waals surface area contributed by atoms with E-state index in [1.54, 1.807) is 4.88 Å². The lowest BCUT2D eigenvalue weighted by atomic mass is 10.1. The summed E-state index contributed by atoms with van der Waals surface area (Å²) in [7, 11) is 0. The molecule has 0 radical (unpaired) electrons. The average molecular weight is 278 g/mol. The van der Waals surface area contributed by atoms with Gasteiger partial charge >= 0.3 is 0 Å². The first-order chi connectivity index (χ1) is 9.43. The van der Waals surface area contributed by atoms with Crippen molar-refractivity contribution < 1.29 is 0 Å². The molecule has 1 saturated carbocycles. The van der Waals surface area contributed by atoms with Gasteiger partial charge in [-0.3, -0.25) is 0 Å². The van der Waals surface area contributed by atoms with Gasteiger partial charge in [0.2, 0.25) is 0 Å². The van der Waals surface area contributed by atoms with Crippen LogP contribution in [-0.4, -0.2) is 31.1 Å².